The molecule has 0 amide bonds. The molecule has 0 saturated carbocycles. The van der Waals surface area contributed by atoms with E-state index in [0.29, 0.717) is 6.04 Å². The number of hydrogen-bond acceptors (Lipinski definition) is 1. The molecule has 0 bridgehead atoms. The Hall–Kier alpha value is 0.250. The highest BCUT2D eigenvalue weighted by atomic mass is 35.5. The second-order valence-corrected chi connectivity index (χ2v) is 2.96. The zero-order valence-corrected chi connectivity index (χ0v) is 6.45. The van der Waals surface area contributed by atoms with Crippen LogP contribution in [0.3, 0.4) is 0 Å². The van der Waals surface area contributed by atoms with E-state index >= 15 is 0 Å². The summed E-state index contributed by atoms with van der Waals surface area (Å²) in [5, 5.41) is 3.40. The van der Waals surface area contributed by atoms with Gasteiger partial charge in [0.2, 0.25) is 0 Å². The van der Waals surface area contributed by atoms with E-state index in [9.17, 15) is 0 Å². The molecule has 0 aliphatic carbocycles. The van der Waals surface area contributed by atoms with Crippen molar-refractivity contribution in [1.82, 2.24) is 5.32 Å². The number of nitrogens with one attached hydrogen (secondary N) is 1. The van der Waals surface area contributed by atoms with E-state index in [0.717, 1.165) is 12.4 Å². The van der Waals surface area contributed by atoms with Gasteiger partial charge in [-0.15, -0.1) is 11.6 Å². The summed E-state index contributed by atoms with van der Waals surface area (Å²) in [6, 6.07) is 0.592. The fourth-order valence-electron chi connectivity index (χ4n) is 1.23. The summed E-state index contributed by atoms with van der Waals surface area (Å²) in [5.41, 5.74) is 0. The molecule has 1 saturated heterocycles. The summed E-state index contributed by atoms with van der Waals surface area (Å²) in [6.45, 7) is 1.16. The highest BCUT2D eigenvalue weighted by Gasteiger charge is 2.08. The maximum absolute atomic E-state index is 5.69. The molecule has 54 valence electrons. The van der Waals surface area contributed by atoms with Crippen molar-refractivity contribution in [2.24, 2.45) is 0 Å². The lowest BCUT2D eigenvalue weighted by molar-refractivity contribution is 0.555. The molecule has 1 aliphatic rings. The van der Waals surface area contributed by atoms with Gasteiger partial charge in [0.15, 0.2) is 0 Å². The standard InChI is InChI=1S/C7H14ClN/c8-6-7-4-2-1-3-5-9-7/h7,9H,1-6H2/t7-/m1/s1. The molecule has 1 fully saturated rings. The number of halogens is 1. The summed E-state index contributed by atoms with van der Waals surface area (Å²) in [6.07, 6.45) is 5.32. The third-order valence-corrected chi connectivity index (χ3v) is 2.22. The lowest BCUT2D eigenvalue weighted by Gasteiger charge is -2.10. The van der Waals surface area contributed by atoms with Crippen molar-refractivity contribution in [1.29, 1.82) is 0 Å². The lowest BCUT2D eigenvalue weighted by atomic mass is 10.1. The van der Waals surface area contributed by atoms with Crippen molar-refractivity contribution in [2.75, 3.05) is 12.4 Å². The zero-order chi connectivity index (χ0) is 6.53. The highest BCUT2D eigenvalue weighted by Crippen LogP contribution is 2.08. The molecular formula is C7H14ClN. The van der Waals surface area contributed by atoms with Crippen LogP contribution in [-0.2, 0) is 0 Å². The van der Waals surface area contributed by atoms with Crippen molar-refractivity contribution in [3.05, 3.63) is 0 Å². The van der Waals surface area contributed by atoms with E-state index in [2.05, 4.69) is 5.32 Å². The van der Waals surface area contributed by atoms with Crippen LogP contribution >= 0.6 is 11.6 Å². The van der Waals surface area contributed by atoms with Crippen molar-refractivity contribution in [2.45, 2.75) is 31.7 Å². The van der Waals surface area contributed by atoms with Crippen LogP contribution in [0.25, 0.3) is 0 Å². The van der Waals surface area contributed by atoms with Crippen LogP contribution < -0.4 is 5.32 Å². The highest BCUT2D eigenvalue weighted by molar-refractivity contribution is 6.18. The minimum atomic E-state index is 0.592. The van der Waals surface area contributed by atoms with Gasteiger partial charge in [-0.3, -0.25) is 0 Å². The predicted octanol–water partition coefficient (Wildman–Crippen LogP) is 1.76. The quantitative estimate of drug-likeness (QED) is 0.558. The molecule has 1 nitrogen and oxygen atoms in total. The SMILES string of the molecule is ClC[C@H]1CCCCCN1. The lowest BCUT2D eigenvalue weighted by Crippen LogP contribution is -2.29. The molecule has 1 aliphatic heterocycles. The van der Waals surface area contributed by atoms with E-state index in [1.807, 2.05) is 0 Å². The molecule has 1 atom stereocenters. The van der Waals surface area contributed by atoms with E-state index < -0.39 is 0 Å². The number of hydrogen-bond donors (Lipinski definition) is 1. The minimum absolute atomic E-state index is 0.592. The van der Waals surface area contributed by atoms with Crippen LogP contribution in [0, 0.1) is 0 Å². The molecular weight excluding hydrogens is 134 g/mol. The van der Waals surface area contributed by atoms with E-state index in [4.69, 9.17) is 11.6 Å². The first-order chi connectivity index (χ1) is 4.43. The van der Waals surface area contributed by atoms with Gasteiger partial charge in [0, 0.05) is 11.9 Å². The summed E-state index contributed by atoms with van der Waals surface area (Å²) >= 11 is 5.69. The first kappa shape index (κ1) is 7.36. The van der Waals surface area contributed by atoms with Crippen LogP contribution in [0.1, 0.15) is 25.7 Å². The minimum Gasteiger partial charge on any atom is -0.313 e. The van der Waals surface area contributed by atoms with Gasteiger partial charge in [-0.1, -0.05) is 12.8 Å². The van der Waals surface area contributed by atoms with Crippen molar-refractivity contribution in [3.8, 4) is 0 Å². The monoisotopic (exact) mass is 147 g/mol. The maximum atomic E-state index is 5.69. The summed E-state index contributed by atoms with van der Waals surface area (Å²) < 4.78 is 0. The molecule has 0 radical (unpaired) electrons. The van der Waals surface area contributed by atoms with E-state index in [1.54, 1.807) is 0 Å². The van der Waals surface area contributed by atoms with Gasteiger partial charge < -0.3 is 5.32 Å². The largest absolute Gasteiger partial charge is 0.313 e. The fraction of sp³-hybridized carbons (Fsp3) is 1.00. The first-order valence-electron chi connectivity index (χ1n) is 3.73. The number of alkyl halides is 1. The molecule has 0 aromatic heterocycles. The fourth-order valence-corrected chi connectivity index (χ4v) is 1.50. The maximum Gasteiger partial charge on any atom is 0.0377 e. The molecule has 0 spiro atoms. The van der Waals surface area contributed by atoms with Crippen LogP contribution in [0.15, 0.2) is 0 Å². The molecule has 1 N–H and O–H groups in total. The van der Waals surface area contributed by atoms with Gasteiger partial charge in [-0.25, -0.2) is 0 Å². The molecule has 1 rings (SSSR count). The third-order valence-electron chi connectivity index (χ3n) is 1.85. The number of rotatable bonds is 1. The van der Waals surface area contributed by atoms with Gasteiger partial charge in [0.25, 0.3) is 0 Å². The molecule has 9 heavy (non-hydrogen) atoms. The van der Waals surface area contributed by atoms with Gasteiger partial charge in [-0.2, -0.15) is 0 Å². The Bertz CT molecular complexity index is 67.3. The topological polar surface area (TPSA) is 12.0 Å². The van der Waals surface area contributed by atoms with Crippen LogP contribution in [0.4, 0.5) is 0 Å². The van der Waals surface area contributed by atoms with Gasteiger partial charge in [-0.05, 0) is 19.4 Å². The molecule has 2 heteroatoms. The van der Waals surface area contributed by atoms with Crippen LogP contribution in [0.2, 0.25) is 0 Å². The van der Waals surface area contributed by atoms with Crippen molar-refractivity contribution in [3.63, 3.8) is 0 Å². The normalized spacial score (nSPS) is 29.7. The second kappa shape index (κ2) is 4.13. The zero-order valence-electron chi connectivity index (χ0n) is 5.70. The average Bonchev–Trinajstić information content (AvgIpc) is 2.13. The predicted molar refractivity (Wildman–Crippen MR) is 41.0 cm³/mol. The summed E-state index contributed by atoms with van der Waals surface area (Å²) in [4.78, 5) is 0. The molecule has 0 aromatic carbocycles. The summed E-state index contributed by atoms with van der Waals surface area (Å²) in [7, 11) is 0. The first-order valence-corrected chi connectivity index (χ1v) is 4.26. The van der Waals surface area contributed by atoms with E-state index in [1.165, 1.54) is 25.7 Å². The second-order valence-electron chi connectivity index (χ2n) is 2.65. The molecule has 0 aromatic rings. The van der Waals surface area contributed by atoms with E-state index in [-0.39, 0.29) is 0 Å². The Labute approximate surface area is 61.8 Å². The van der Waals surface area contributed by atoms with Gasteiger partial charge in [0.05, 0.1) is 0 Å². The molecule has 1 heterocycles. The Balaban J connectivity index is 2.18. The molecule has 0 unspecified atom stereocenters. The Morgan fingerprint density at radius 1 is 1.33 bits per heavy atom. The van der Waals surface area contributed by atoms with Gasteiger partial charge >= 0.3 is 0 Å². The van der Waals surface area contributed by atoms with Crippen LogP contribution in [-0.4, -0.2) is 18.5 Å². The third kappa shape index (κ3) is 2.55. The summed E-state index contributed by atoms with van der Waals surface area (Å²) in [5.74, 6) is 0.778. The Kier molecular flexibility index (Phi) is 3.37. The Morgan fingerprint density at radius 2 is 2.22 bits per heavy atom. The van der Waals surface area contributed by atoms with Crippen molar-refractivity contribution < 1.29 is 0 Å². The smallest absolute Gasteiger partial charge is 0.0377 e. The van der Waals surface area contributed by atoms with Crippen molar-refractivity contribution >= 4 is 11.6 Å². The Morgan fingerprint density at radius 3 is 3.00 bits per heavy atom. The average molecular weight is 148 g/mol. The van der Waals surface area contributed by atoms with Gasteiger partial charge in [0.1, 0.15) is 0 Å². The van der Waals surface area contributed by atoms with Crippen LogP contribution in [0.5, 0.6) is 0 Å².